The molecule has 1 N–H and O–H groups in total. The summed E-state index contributed by atoms with van der Waals surface area (Å²) in [5.74, 6) is 1.41. The van der Waals surface area contributed by atoms with Crippen LogP contribution in [0.5, 0.6) is 0 Å². The van der Waals surface area contributed by atoms with E-state index < -0.39 is 0 Å². The number of unbranched alkanes of at least 4 members (excludes halogenated alkanes) is 9. The van der Waals surface area contributed by atoms with E-state index in [9.17, 15) is 4.79 Å². The number of carbonyl (C=O) groups is 1. The summed E-state index contributed by atoms with van der Waals surface area (Å²) in [6.07, 6.45) is 26.3. The maximum Gasteiger partial charge on any atom is 0.221 e. The van der Waals surface area contributed by atoms with Crippen LogP contribution in [0.25, 0.3) is 0 Å². The van der Waals surface area contributed by atoms with Crippen LogP contribution in [0, 0.1) is 11.8 Å². The van der Waals surface area contributed by atoms with Crippen LogP contribution < -0.4 is 5.32 Å². The Labute approximate surface area is 272 Å². The van der Waals surface area contributed by atoms with Crippen LogP contribution in [0.1, 0.15) is 148 Å². The molecule has 0 bridgehead atoms. The Balaban J connectivity index is 1.31. The number of allylic oxidation sites excluding steroid dienone is 2. The highest BCUT2D eigenvalue weighted by Gasteiger charge is 2.34. The number of ether oxygens (including phenoxy) is 3. The summed E-state index contributed by atoms with van der Waals surface area (Å²) in [7, 11) is 0. The maximum absolute atomic E-state index is 12.5. The molecule has 6 nitrogen and oxygen atoms in total. The summed E-state index contributed by atoms with van der Waals surface area (Å²) in [4.78, 5) is 14.7. The number of nitrogens with zero attached hydrogens (tertiary/aromatic N) is 1. The van der Waals surface area contributed by atoms with E-state index in [-0.39, 0.29) is 5.91 Å². The second-order valence-corrected chi connectivity index (χ2v) is 13.3. The van der Waals surface area contributed by atoms with Crippen molar-refractivity contribution >= 4 is 5.91 Å². The molecule has 1 aliphatic heterocycles. The molecule has 0 spiro atoms. The first-order valence-corrected chi connectivity index (χ1v) is 18.8. The third-order valence-corrected chi connectivity index (χ3v) is 9.43. The van der Waals surface area contributed by atoms with Crippen molar-refractivity contribution in [2.45, 2.75) is 148 Å². The maximum atomic E-state index is 12.5. The number of hydrogen-bond donors (Lipinski definition) is 1. The summed E-state index contributed by atoms with van der Waals surface area (Å²) >= 11 is 0. The molecule has 1 aliphatic carbocycles. The molecule has 1 saturated carbocycles. The van der Waals surface area contributed by atoms with Gasteiger partial charge in [0.05, 0.1) is 0 Å². The predicted octanol–water partition coefficient (Wildman–Crippen LogP) is 9.34. The van der Waals surface area contributed by atoms with Crippen molar-refractivity contribution in [3.05, 3.63) is 24.6 Å². The molecule has 44 heavy (non-hydrogen) atoms. The van der Waals surface area contributed by atoms with Crippen LogP contribution in [0.2, 0.25) is 0 Å². The lowest BCUT2D eigenvalue weighted by Gasteiger charge is -2.28. The molecule has 2 rings (SSSR count). The fourth-order valence-corrected chi connectivity index (χ4v) is 6.70. The van der Waals surface area contributed by atoms with Crippen molar-refractivity contribution in [1.82, 2.24) is 10.2 Å². The summed E-state index contributed by atoms with van der Waals surface area (Å²) in [6.45, 7) is 17.7. The van der Waals surface area contributed by atoms with Gasteiger partial charge in [0.25, 0.3) is 0 Å². The van der Waals surface area contributed by atoms with Crippen LogP contribution in [-0.4, -0.2) is 63.5 Å². The molecule has 0 aromatic heterocycles. The van der Waals surface area contributed by atoms with E-state index in [0.29, 0.717) is 18.9 Å². The SMILES string of the molecule is C=C1CC(C2CCCCCCC2)C(=C)N1CCC(=O)NCCCCCOCCCCCCCCOCCCCCOCCC. The molecule has 1 heterocycles. The second kappa shape index (κ2) is 26.8. The van der Waals surface area contributed by atoms with Crippen LogP contribution in [0.15, 0.2) is 24.6 Å². The van der Waals surface area contributed by atoms with Crippen LogP contribution in [0.4, 0.5) is 0 Å². The summed E-state index contributed by atoms with van der Waals surface area (Å²) in [5.41, 5.74) is 2.36. The lowest BCUT2D eigenvalue weighted by atomic mass is 9.80. The largest absolute Gasteiger partial charge is 0.381 e. The highest BCUT2D eigenvalue weighted by molar-refractivity contribution is 5.76. The van der Waals surface area contributed by atoms with Crippen molar-refractivity contribution in [3.63, 3.8) is 0 Å². The van der Waals surface area contributed by atoms with Crippen molar-refractivity contribution in [3.8, 4) is 0 Å². The van der Waals surface area contributed by atoms with Crippen LogP contribution in [-0.2, 0) is 19.0 Å². The summed E-state index contributed by atoms with van der Waals surface area (Å²) < 4.78 is 17.1. The monoisotopic (exact) mass is 619 g/mol. The fraction of sp³-hybridized carbons (Fsp3) is 0.868. The van der Waals surface area contributed by atoms with Crippen molar-refractivity contribution in [1.29, 1.82) is 0 Å². The number of carbonyl (C=O) groups excluding carboxylic acids is 1. The van der Waals surface area contributed by atoms with Gasteiger partial charge >= 0.3 is 0 Å². The molecule has 2 fully saturated rings. The van der Waals surface area contributed by atoms with Crippen LogP contribution >= 0.6 is 0 Å². The van der Waals surface area contributed by atoms with Gasteiger partial charge in [0.15, 0.2) is 0 Å². The van der Waals surface area contributed by atoms with Gasteiger partial charge in [0.2, 0.25) is 5.91 Å². The molecule has 1 atom stereocenters. The van der Waals surface area contributed by atoms with Gasteiger partial charge in [-0.1, -0.05) is 77.9 Å². The molecule has 256 valence electrons. The third-order valence-electron chi connectivity index (χ3n) is 9.43. The first-order chi connectivity index (χ1) is 21.6. The Morgan fingerprint density at radius 2 is 1.18 bits per heavy atom. The zero-order valence-corrected chi connectivity index (χ0v) is 28.9. The van der Waals surface area contributed by atoms with Crippen molar-refractivity contribution in [2.24, 2.45) is 11.8 Å². The van der Waals surface area contributed by atoms with Gasteiger partial charge in [-0.15, -0.1) is 0 Å². The Bertz CT molecular complexity index is 734. The average molecular weight is 619 g/mol. The molecule has 6 heteroatoms. The first kappa shape index (κ1) is 38.8. The van der Waals surface area contributed by atoms with E-state index in [1.165, 1.54) is 89.2 Å². The predicted molar refractivity (Wildman–Crippen MR) is 185 cm³/mol. The highest BCUT2D eigenvalue weighted by atomic mass is 16.5. The molecule has 1 unspecified atom stereocenters. The van der Waals surface area contributed by atoms with E-state index in [2.05, 4.69) is 30.3 Å². The fourth-order valence-electron chi connectivity index (χ4n) is 6.70. The number of nitrogens with one attached hydrogen (secondary N) is 1. The third kappa shape index (κ3) is 18.6. The van der Waals surface area contributed by atoms with E-state index in [1.54, 1.807) is 0 Å². The van der Waals surface area contributed by atoms with Gasteiger partial charge < -0.3 is 24.4 Å². The quantitative estimate of drug-likeness (QED) is 0.0930. The van der Waals surface area contributed by atoms with E-state index in [0.717, 1.165) is 109 Å². The van der Waals surface area contributed by atoms with Gasteiger partial charge in [-0.25, -0.2) is 0 Å². The Hall–Kier alpha value is -1.37. The molecule has 0 aromatic rings. The Morgan fingerprint density at radius 3 is 1.75 bits per heavy atom. The van der Waals surface area contributed by atoms with Gasteiger partial charge in [0, 0.05) is 76.5 Å². The number of amides is 1. The van der Waals surface area contributed by atoms with Crippen molar-refractivity contribution in [2.75, 3.05) is 52.7 Å². The van der Waals surface area contributed by atoms with E-state index in [1.807, 2.05) is 0 Å². The Kier molecular flexibility index (Phi) is 23.6. The molecular formula is C38H70N2O4. The molecule has 0 radical (unpaired) electrons. The normalized spacial score (nSPS) is 18.1. The zero-order chi connectivity index (χ0) is 31.5. The van der Waals surface area contributed by atoms with Gasteiger partial charge in [0.1, 0.15) is 0 Å². The van der Waals surface area contributed by atoms with E-state index >= 15 is 0 Å². The standard InChI is InChI=1S/C38H70N2O4/c1-4-27-42-28-20-13-21-32-44-30-18-11-6-5-10-17-29-43-31-19-12-16-25-39-38(41)24-26-40-34(2)33-37(35(40)3)36-22-14-8-7-9-15-23-36/h36-37H,2-33H2,1H3,(H,39,41). The number of likely N-dealkylation sites (tertiary alicyclic amines) is 1. The number of hydrogen-bond acceptors (Lipinski definition) is 5. The molecule has 1 saturated heterocycles. The first-order valence-electron chi connectivity index (χ1n) is 18.8. The molecule has 1 amide bonds. The molecular weight excluding hydrogens is 548 g/mol. The van der Waals surface area contributed by atoms with Crippen molar-refractivity contribution < 1.29 is 19.0 Å². The minimum absolute atomic E-state index is 0.142. The summed E-state index contributed by atoms with van der Waals surface area (Å²) in [6, 6.07) is 0. The molecule has 2 aliphatic rings. The minimum atomic E-state index is 0.142. The zero-order valence-electron chi connectivity index (χ0n) is 28.9. The summed E-state index contributed by atoms with van der Waals surface area (Å²) in [5, 5.41) is 3.11. The Morgan fingerprint density at radius 1 is 0.705 bits per heavy atom. The highest BCUT2D eigenvalue weighted by Crippen LogP contribution is 2.43. The van der Waals surface area contributed by atoms with E-state index in [4.69, 9.17) is 14.2 Å². The second-order valence-electron chi connectivity index (χ2n) is 13.3. The average Bonchev–Trinajstić information content (AvgIpc) is 3.28. The lowest BCUT2D eigenvalue weighted by molar-refractivity contribution is -0.121. The lowest BCUT2D eigenvalue weighted by Crippen LogP contribution is -2.29. The number of rotatable bonds is 27. The van der Waals surface area contributed by atoms with Crippen LogP contribution in [0.3, 0.4) is 0 Å². The minimum Gasteiger partial charge on any atom is -0.381 e. The van der Waals surface area contributed by atoms with Gasteiger partial charge in [-0.2, -0.15) is 0 Å². The van der Waals surface area contributed by atoms with Gasteiger partial charge in [-0.05, 0) is 83.0 Å². The smallest absolute Gasteiger partial charge is 0.221 e. The van der Waals surface area contributed by atoms with Gasteiger partial charge in [-0.3, -0.25) is 4.79 Å². The molecule has 0 aromatic carbocycles. The topological polar surface area (TPSA) is 60.0 Å².